The minimum Gasteiger partial charge on any atom is -0.479 e. The molecule has 1 amide bonds. The summed E-state index contributed by atoms with van der Waals surface area (Å²) in [6.45, 7) is 2.48. The lowest BCUT2D eigenvalue weighted by atomic mass is 10.0. The zero-order valence-corrected chi connectivity index (χ0v) is 11.0. The Morgan fingerprint density at radius 1 is 1.32 bits per heavy atom. The molecule has 4 N–H and O–H groups in total. The molecular weight excluding hydrogens is 244 g/mol. The quantitative estimate of drug-likeness (QED) is 0.692. The van der Waals surface area contributed by atoms with Gasteiger partial charge in [0.1, 0.15) is 0 Å². The number of carboxylic acids is 1. The van der Waals surface area contributed by atoms with Gasteiger partial charge in [0, 0.05) is 6.42 Å². The number of carboxylic acid groups (broad SMARTS) is 1. The molecule has 104 valence electrons. The summed E-state index contributed by atoms with van der Waals surface area (Å²) in [6, 6.07) is 7.65. The molecule has 0 aliphatic heterocycles. The van der Waals surface area contributed by atoms with Gasteiger partial charge in [0.25, 0.3) is 0 Å². The van der Waals surface area contributed by atoms with Crippen LogP contribution < -0.4 is 11.1 Å². The minimum absolute atomic E-state index is 0.255. The van der Waals surface area contributed by atoms with Crippen LogP contribution in [0, 0.1) is 5.92 Å². The van der Waals surface area contributed by atoms with Gasteiger partial charge in [0.05, 0.1) is 0 Å². The van der Waals surface area contributed by atoms with Crippen LogP contribution in [-0.4, -0.2) is 23.5 Å². The van der Waals surface area contributed by atoms with E-state index in [9.17, 15) is 9.59 Å². The normalized spacial score (nSPS) is 13.6. The predicted octanol–water partition coefficient (Wildman–Crippen LogP) is 1.30. The fraction of sp³-hybridized carbons (Fsp3) is 0.429. The van der Waals surface area contributed by atoms with E-state index in [-0.39, 0.29) is 18.2 Å². The highest BCUT2D eigenvalue weighted by Gasteiger charge is 2.21. The van der Waals surface area contributed by atoms with E-state index in [1.807, 2.05) is 6.92 Å². The second-order valence-electron chi connectivity index (χ2n) is 4.63. The molecule has 2 atom stereocenters. The number of aliphatic carboxylic acids is 1. The molecule has 0 bridgehead atoms. The molecule has 0 fully saturated rings. The number of carbonyl (C=O) groups excluding carboxylic acids is 1. The summed E-state index contributed by atoms with van der Waals surface area (Å²) in [4.78, 5) is 22.9. The summed E-state index contributed by atoms with van der Waals surface area (Å²) in [5, 5.41) is 11.7. The summed E-state index contributed by atoms with van der Waals surface area (Å²) in [7, 11) is 0. The first-order valence-corrected chi connectivity index (χ1v) is 6.31. The van der Waals surface area contributed by atoms with Gasteiger partial charge in [-0.15, -0.1) is 0 Å². The molecule has 0 radical (unpaired) electrons. The maximum absolute atomic E-state index is 11.7. The lowest BCUT2D eigenvalue weighted by Crippen LogP contribution is -2.34. The van der Waals surface area contributed by atoms with E-state index < -0.39 is 12.0 Å². The molecule has 0 aromatic heterocycles. The van der Waals surface area contributed by atoms with Crippen molar-refractivity contribution in [2.45, 2.75) is 25.8 Å². The van der Waals surface area contributed by atoms with Crippen molar-refractivity contribution in [3.63, 3.8) is 0 Å². The van der Waals surface area contributed by atoms with E-state index in [1.54, 1.807) is 30.3 Å². The molecule has 1 aromatic carbocycles. The third-order valence-electron chi connectivity index (χ3n) is 2.95. The molecule has 0 saturated heterocycles. The molecule has 5 nitrogen and oxygen atoms in total. The van der Waals surface area contributed by atoms with Gasteiger partial charge in [-0.1, -0.05) is 37.3 Å². The summed E-state index contributed by atoms with van der Waals surface area (Å²) >= 11 is 0. The average molecular weight is 264 g/mol. The average Bonchev–Trinajstić information content (AvgIpc) is 2.42. The highest BCUT2D eigenvalue weighted by molar-refractivity contribution is 5.84. The van der Waals surface area contributed by atoms with Crippen LogP contribution >= 0.6 is 0 Å². The van der Waals surface area contributed by atoms with Crippen LogP contribution in [0.15, 0.2) is 30.3 Å². The zero-order valence-electron chi connectivity index (χ0n) is 11.0. The Kier molecular flexibility index (Phi) is 6.02. The molecule has 0 aliphatic rings. The van der Waals surface area contributed by atoms with E-state index in [4.69, 9.17) is 10.8 Å². The number of hydrogen-bond acceptors (Lipinski definition) is 3. The minimum atomic E-state index is -1.06. The standard InChI is InChI=1S/C14H20N2O3/c1-10(9-15)7-8-12(17)16-13(14(18)19)11-5-3-2-4-6-11/h2-6,10,13H,7-9,15H2,1H3,(H,16,17)(H,18,19)/t10?,13-/m0/s1. The second-order valence-corrected chi connectivity index (χ2v) is 4.63. The third kappa shape index (κ3) is 5.09. The van der Waals surface area contributed by atoms with Gasteiger partial charge in [0.2, 0.25) is 5.91 Å². The number of amides is 1. The molecule has 5 heteroatoms. The highest BCUT2D eigenvalue weighted by atomic mass is 16.4. The van der Waals surface area contributed by atoms with Gasteiger partial charge in [-0.05, 0) is 24.4 Å². The Bertz CT molecular complexity index is 420. The number of benzene rings is 1. The third-order valence-corrected chi connectivity index (χ3v) is 2.95. The molecule has 0 heterocycles. The molecule has 0 spiro atoms. The van der Waals surface area contributed by atoms with Crippen molar-refractivity contribution in [2.24, 2.45) is 11.7 Å². The Labute approximate surface area is 112 Å². The zero-order chi connectivity index (χ0) is 14.3. The van der Waals surface area contributed by atoms with Crippen LogP contribution in [0.1, 0.15) is 31.4 Å². The lowest BCUT2D eigenvalue weighted by Gasteiger charge is -2.15. The molecule has 19 heavy (non-hydrogen) atoms. The molecule has 0 aliphatic carbocycles. The summed E-state index contributed by atoms with van der Waals surface area (Å²) in [6.07, 6.45) is 0.943. The number of nitrogens with two attached hydrogens (primary N) is 1. The van der Waals surface area contributed by atoms with Crippen LogP contribution in [-0.2, 0) is 9.59 Å². The van der Waals surface area contributed by atoms with Crippen LogP contribution in [0.25, 0.3) is 0 Å². The van der Waals surface area contributed by atoms with E-state index in [0.717, 1.165) is 0 Å². The first-order chi connectivity index (χ1) is 9.04. The van der Waals surface area contributed by atoms with Gasteiger partial charge in [-0.3, -0.25) is 4.79 Å². The van der Waals surface area contributed by atoms with E-state index in [2.05, 4.69) is 5.32 Å². The van der Waals surface area contributed by atoms with Crippen LogP contribution in [0.5, 0.6) is 0 Å². The van der Waals surface area contributed by atoms with Crippen molar-refractivity contribution in [3.05, 3.63) is 35.9 Å². The van der Waals surface area contributed by atoms with E-state index in [0.29, 0.717) is 18.5 Å². The van der Waals surface area contributed by atoms with Gasteiger partial charge in [-0.2, -0.15) is 0 Å². The van der Waals surface area contributed by atoms with Crippen molar-refractivity contribution in [2.75, 3.05) is 6.54 Å². The highest BCUT2D eigenvalue weighted by Crippen LogP contribution is 2.13. The summed E-state index contributed by atoms with van der Waals surface area (Å²) in [5.41, 5.74) is 6.04. The Morgan fingerprint density at radius 2 is 1.95 bits per heavy atom. The van der Waals surface area contributed by atoms with Gasteiger partial charge < -0.3 is 16.2 Å². The molecule has 1 unspecified atom stereocenters. The number of nitrogens with one attached hydrogen (secondary N) is 1. The van der Waals surface area contributed by atoms with Crippen molar-refractivity contribution < 1.29 is 14.7 Å². The van der Waals surface area contributed by atoms with Gasteiger partial charge >= 0.3 is 5.97 Å². The molecule has 0 saturated carbocycles. The largest absolute Gasteiger partial charge is 0.479 e. The van der Waals surface area contributed by atoms with E-state index >= 15 is 0 Å². The van der Waals surface area contributed by atoms with Gasteiger partial charge in [-0.25, -0.2) is 4.79 Å². The maximum Gasteiger partial charge on any atom is 0.330 e. The van der Waals surface area contributed by atoms with Crippen LogP contribution in [0.4, 0.5) is 0 Å². The SMILES string of the molecule is CC(CN)CCC(=O)N[C@H](C(=O)O)c1ccccc1. The molecular formula is C14H20N2O3. The van der Waals surface area contributed by atoms with Crippen molar-refractivity contribution in [1.82, 2.24) is 5.32 Å². The number of carbonyl (C=O) groups is 2. The Hall–Kier alpha value is -1.88. The summed E-state index contributed by atoms with van der Waals surface area (Å²) < 4.78 is 0. The summed E-state index contributed by atoms with van der Waals surface area (Å²) in [5.74, 6) is -1.08. The van der Waals surface area contributed by atoms with Crippen LogP contribution in [0.3, 0.4) is 0 Å². The lowest BCUT2D eigenvalue weighted by molar-refractivity contribution is -0.142. The maximum atomic E-state index is 11.7. The molecule has 1 aromatic rings. The Balaban J connectivity index is 2.60. The van der Waals surface area contributed by atoms with Crippen molar-refractivity contribution in [3.8, 4) is 0 Å². The number of rotatable bonds is 7. The fourth-order valence-electron chi connectivity index (χ4n) is 1.66. The predicted molar refractivity (Wildman–Crippen MR) is 72.4 cm³/mol. The van der Waals surface area contributed by atoms with Crippen LogP contribution in [0.2, 0.25) is 0 Å². The topological polar surface area (TPSA) is 92.4 Å². The van der Waals surface area contributed by atoms with Gasteiger partial charge in [0.15, 0.2) is 6.04 Å². The first kappa shape index (κ1) is 15.2. The Morgan fingerprint density at radius 3 is 2.47 bits per heavy atom. The van der Waals surface area contributed by atoms with E-state index in [1.165, 1.54) is 0 Å². The first-order valence-electron chi connectivity index (χ1n) is 6.31. The smallest absolute Gasteiger partial charge is 0.330 e. The fourth-order valence-corrected chi connectivity index (χ4v) is 1.66. The molecule has 1 rings (SSSR count). The number of hydrogen-bond donors (Lipinski definition) is 3. The monoisotopic (exact) mass is 264 g/mol. The van der Waals surface area contributed by atoms with Crippen molar-refractivity contribution >= 4 is 11.9 Å². The second kappa shape index (κ2) is 7.53. The van der Waals surface area contributed by atoms with Crippen molar-refractivity contribution in [1.29, 1.82) is 0 Å².